The fourth-order valence-electron chi connectivity index (χ4n) is 5.91. The SMILES string of the molecule is CC(C)(C)OC(=O)Nc1nc(/C(=N/OC(C)(C)C(=O)OC(C)(C)C)C(=O)C[C@@H]2C(=O)N[C@@H]2COC(=O)c2ccnc(-c3cc(OCc4ccccc4)c(OCc4ccccc4)cn3)n2)cs1. The van der Waals surface area contributed by atoms with Gasteiger partial charge >= 0.3 is 18.0 Å². The highest BCUT2D eigenvalue weighted by atomic mass is 32.1. The molecule has 2 atom stereocenters. The van der Waals surface area contributed by atoms with E-state index in [1.165, 1.54) is 37.7 Å². The molecule has 1 saturated heterocycles. The molecule has 18 nitrogen and oxygen atoms in total. The lowest BCUT2D eigenvalue weighted by atomic mass is 9.85. The predicted molar refractivity (Wildman–Crippen MR) is 242 cm³/mol. The molecule has 6 rings (SSSR count). The molecule has 0 spiro atoms. The van der Waals surface area contributed by atoms with Crippen molar-refractivity contribution in [3.63, 3.8) is 0 Å². The number of rotatable bonds is 18. The second-order valence-corrected chi connectivity index (χ2v) is 18.3. The molecular formula is C47H51N7O11S. The number of oxime groups is 1. The molecule has 19 heteroatoms. The van der Waals surface area contributed by atoms with Crippen LogP contribution >= 0.6 is 11.3 Å². The molecule has 2 N–H and O–H groups in total. The Morgan fingerprint density at radius 2 is 1.42 bits per heavy atom. The highest BCUT2D eigenvalue weighted by Gasteiger charge is 2.43. The fourth-order valence-corrected chi connectivity index (χ4v) is 6.59. The van der Waals surface area contributed by atoms with Crippen LogP contribution in [0.2, 0.25) is 0 Å². The molecule has 1 aliphatic rings. The molecule has 2 aromatic carbocycles. The number of thiazole rings is 1. The van der Waals surface area contributed by atoms with E-state index in [0.717, 1.165) is 22.5 Å². The van der Waals surface area contributed by atoms with E-state index in [0.29, 0.717) is 17.2 Å². The van der Waals surface area contributed by atoms with Crippen LogP contribution in [0.3, 0.4) is 0 Å². The van der Waals surface area contributed by atoms with E-state index in [-0.39, 0.29) is 47.9 Å². The van der Waals surface area contributed by atoms with E-state index in [1.54, 1.807) is 47.6 Å². The van der Waals surface area contributed by atoms with Crippen molar-refractivity contribution in [1.82, 2.24) is 25.3 Å². The number of anilines is 1. The summed E-state index contributed by atoms with van der Waals surface area (Å²) in [5, 5.41) is 10.8. The summed E-state index contributed by atoms with van der Waals surface area (Å²) >= 11 is 0.983. The summed E-state index contributed by atoms with van der Waals surface area (Å²) in [5.41, 5.74) is -1.51. The van der Waals surface area contributed by atoms with E-state index < -0.39 is 64.9 Å². The lowest BCUT2D eigenvalue weighted by molar-refractivity contribution is -0.179. The average Bonchev–Trinajstić information content (AvgIpc) is 3.72. The first-order chi connectivity index (χ1) is 31.2. The first kappa shape index (κ1) is 48.2. The molecule has 0 unspecified atom stereocenters. The van der Waals surface area contributed by atoms with Gasteiger partial charge in [-0.3, -0.25) is 14.9 Å². The van der Waals surface area contributed by atoms with E-state index in [4.69, 9.17) is 28.5 Å². The first-order valence-electron chi connectivity index (χ1n) is 20.9. The zero-order valence-electron chi connectivity index (χ0n) is 37.8. The third kappa shape index (κ3) is 13.6. The number of hydrogen-bond acceptors (Lipinski definition) is 17. The van der Waals surface area contributed by atoms with Crippen molar-refractivity contribution in [2.75, 3.05) is 11.9 Å². The number of ether oxygens (including phenoxy) is 5. The number of nitrogens with zero attached hydrogens (tertiary/aromatic N) is 5. The minimum Gasteiger partial charge on any atom is -0.485 e. The normalized spacial score (nSPS) is 15.1. The van der Waals surface area contributed by atoms with Crippen molar-refractivity contribution in [3.05, 3.63) is 113 Å². The van der Waals surface area contributed by atoms with Gasteiger partial charge in [-0.25, -0.2) is 34.3 Å². The number of hydrogen-bond donors (Lipinski definition) is 2. The van der Waals surface area contributed by atoms with Crippen LogP contribution in [0, 0.1) is 5.92 Å². The molecule has 0 radical (unpaired) electrons. The van der Waals surface area contributed by atoms with Gasteiger partial charge in [0.25, 0.3) is 0 Å². The lowest BCUT2D eigenvalue weighted by Crippen LogP contribution is -2.61. The standard InChI is InChI=1S/C47H51N7O11S/c1-45(2,3)63-42(58)47(7,8)65-54-38(34-27-66-43(52-34)53-44(59)64-46(4,5)6)35(55)21-30-33(51-40(30)56)26-62-41(57)31-19-20-48-39(50-31)32-22-36(60-24-28-15-11-9-12-16-28)37(23-49-32)61-25-29-17-13-10-14-18-29/h9-20,22-23,27,30,33H,21,24-26H2,1-8H3,(H,51,56)(H,52,53,59)/b54-38-/t30-,33+/m0/s1. The molecule has 1 fully saturated rings. The Hall–Kier alpha value is -7.28. The zero-order chi connectivity index (χ0) is 47.6. The monoisotopic (exact) mass is 921 g/mol. The maximum Gasteiger partial charge on any atom is 0.413 e. The number of benzene rings is 2. The largest absolute Gasteiger partial charge is 0.485 e. The van der Waals surface area contributed by atoms with Gasteiger partial charge in [-0.1, -0.05) is 65.8 Å². The number of aromatic nitrogens is 4. The zero-order valence-corrected chi connectivity index (χ0v) is 38.6. The number of Topliss-reactive ketones (excluding diaryl/α,β-unsaturated/α-hetero) is 1. The Bertz CT molecular complexity index is 2570. The summed E-state index contributed by atoms with van der Waals surface area (Å²) in [6.07, 6.45) is 1.72. The van der Waals surface area contributed by atoms with E-state index in [9.17, 15) is 24.0 Å². The molecule has 0 bridgehead atoms. The highest BCUT2D eigenvalue weighted by Crippen LogP contribution is 2.32. The number of carbonyl (C=O) groups excluding carboxylic acids is 5. The fraction of sp³-hybridized carbons (Fsp3) is 0.362. The van der Waals surface area contributed by atoms with Gasteiger partial charge in [0.05, 0.1) is 18.2 Å². The molecule has 5 aromatic rings. The van der Waals surface area contributed by atoms with Crippen LogP contribution in [0.1, 0.15) is 89.1 Å². The summed E-state index contributed by atoms with van der Waals surface area (Å²) in [6.45, 7) is 13.2. The van der Waals surface area contributed by atoms with Gasteiger partial charge in [-0.2, -0.15) is 0 Å². The van der Waals surface area contributed by atoms with Gasteiger partial charge in [0, 0.05) is 24.1 Å². The number of β-lactam (4-membered cyclic amide) rings is 1. The number of nitrogens with one attached hydrogen (secondary N) is 2. The summed E-state index contributed by atoms with van der Waals surface area (Å²) in [4.78, 5) is 88.8. The highest BCUT2D eigenvalue weighted by molar-refractivity contribution is 7.14. The van der Waals surface area contributed by atoms with Crippen molar-refractivity contribution < 1.29 is 52.5 Å². The Labute approximate surface area is 385 Å². The first-order valence-corrected chi connectivity index (χ1v) is 21.7. The number of carbonyl (C=O) groups is 5. The Morgan fingerprint density at radius 1 is 0.788 bits per heavy atom. The molecule has 3 aromatic heterocycles. The molecule has 1 aliphatic heterocycles. The smallest absolute Gasteiger partial charge is 0.413 e. The maximum absolute atomic E-state index is 14.0. The van der Waals surface area contributed by atoms with Crippen LogP contribution in [0.4, 0.5) is 9.93 Å². The minimum absolute atomic E-state index is 0.00274. The number of ketones is 1. The van der Waals surface area contributed by atoms with Crippen molar-refractivity contribution in [2.45, 2.75) is 97.9 Å². The Morgan fingerprint density at radius 3 is 2.05 bits per heavy atom. The molecule has 0 saturated carbocycles. The topological polar surface area (TPSA) is 229 Å². The number of amides is 2. The molecular weight excluding hydrogens is 871 g/mol. The van der Waals surface area contributed by atoms with Gasteiger partial charge in [-0.05, 0) is 72.6 Å². The quantitative estimate of drug-likeness (QED) is 0.0289. The van der Waals surface area contributed by atoms with Crippen LogP contribution in [-0.2, 0) is 46.6 Å². The van der Waals surface area contributed by atoms with Crippen molar-refractivity contribution in [3.8, 4) is 23.0 Å². The Balaban J connectivity index is 1.14. The molecule has 4 heterocycles. The predicted octanol–water partition coefficient (Wildman–Crippen LogP) is 7.27. The van der Waals surface area contributed by atoms with E-state index >= 15 is 0 Å². The van der Waals surface area contributed by atoms with Crippen LogP contribution < -0.4 is 20.1 Å². The maximum atomic E-state index is 14.0. The van der Waals surface area contributed by atoms with Gasteiger partial charge in [-0.15, -0.1) is 11.3 Å². The van der Waals surface area contributed by atoms with Crippen molar-refractivity contribution in [1.29, 1.82) is 0 Å². The van der Waals surface area contributed by atoms with Crippen LogP contribution in [0.15, 0.2) is 95.7 Å². The van der Waals surface area contributed by atoms with Gasteiger partial charge < -0.3 is 33.8 Å². The number of pyridine rings is 1. The third-order valence-electron chi connectivity index (χ3n) is 9.22. The number of esters is 2. The summed E-state index contributed by atoms with van der Waals surface area (Å²) in [5.74, 6) is -2.78. The van der Waals surface area contributed by atoms with E-state index in [2.05, 4.69) is 35.7 Å². The summed E-state index contributed by atoms with van der Waals surface area (Å²) in [7, 11) is 0. The van der Waals surface area contributed by atoms with Crippen LogP contribution in [0.5, 0.6) is 11.5 Å². The van der Waals surface area contributed by atoms with Gasteiger partial charge in [0.2, 0.25) is 11.5 Å². The van der Waals surface area contributed by atoms with Gasteiger partial charge in [0.1, 0.15) is 42.4 Å². The van der Waals surface area contributed by atoms with Crippen molar-refractivity contribution in [2.24, 2.45) is 11.1 Å². The molecule has 2 amide bonds. The van der Waals surface area contributed by atoms with Crippen LogP contribution in [0.25, 0.3) is 11.5 Å². The van der Waals surface area contributed by atoms with E-state index in [1.807, 2.05) is 60.7 Å². The molecule has 66 heavy (non-hydrogen) atoms. The van der Waals surface area contributed by atoms with Gasteiger partial charge in [0.15, 0.2) is 39.6 Å². The molecule has 0 aliphatic carbocycles. The average molecular weight is 922 g/mol. The second-order valence-electron chi connectivity index (χ2n) is 17.5. The molecule has 346 valence electrons. The third-order valence-corrected chi connectivity index (χ3v) is 9.98. The van der Waals surface area contributed by atoms with Crippen LogP contribution in [-0.4, -0.2) is 84.8 Å². The Kier molecular flexibility index (Phi) is 15.1. The minimum atomic E-state index is -1.65. The summed E-state index contributed by atoms with van der Waals surface area (Å²) in [6, 6.07) is 21.5. The second kappa shape index (κ2) is 20.7. The lowest BCUT2D eigenvalue weighted by Gasteiger charge is -2.35. The van der Waals surface area contributed by atoms with Crippen molar-refractivity contribution >= 4 is 51.9 Å². The summed E-state index contributed by atoms with van der Waals surface area (Å²) < 4.78 is 28.6.